The first-order chi connectivity index (χ1) is 12.6. The number of rotatable bonds is 3. The van der Waals surface area contributed by atoms with Crippen LogP contribution in [-0.2, 0) is 6.54 Å². The molecular formula is C20H23Cl2N3O. The molecule has 4 nitrogen and oxygen atoms in total. The third-order valence-corrected chi connectivity index (χ3v) is 3.85. The molecule has 0 radical (unpaired) electrons. The number of benzene rings is 1. The molecule has 0 saturated heterocycles. The molecule has 0 fully saturated rings. The smallest absolute Gasteiger partial charge is 0.168 e. The van der Waals surface area contributed by atoms with Crippen LogP contribution in [0.2, 0.25) is 10.0 Å². The van der Waals surface area contributed by atoms with Gasteiger partial charge in [0.2, 0.25) is 0 Å². The van der Waals surface area contributed by atoms with Crippen LogP contribution in [-0.4, -0.2) is 20.8 Å². The molecule has 0 bridgehead atoms. The summed E-state index contributed by atoms with van der Waals surface area (Å²) in [4.78, 5) is 19.4. The molecule has 2 aromatic heterocycles. The van der Waals surface area contributed by atoms with Gasteiger partial charge in [-0.25, -0.2) is 4.98 Å². The van der Waals surface area contributed by atoms with E-state index in [0.717, 1.165) is 40.0 Å². The Bertz CT molecular complexity index is 779. The van der Waals surface area contributed by atoms with E-state index in [-0.39, 0.29) is 0 Å². The molecule has 1 aromatic carbocycles. The van der Waals surface area contributed by atoms with E-state index in [1.54, 1.807) is 36.7 Å². The molecule has 0 N–H and O–H groups in total. The fraction of sp³-hybridized carbons (Fsp3) is 0.250. The second-order valence-corrected chi connectivity index (χ2v) is 5.82. The Balaban J connectivity index is 0.000000284. The highest BCUT2D eigenvalue weighted by atomic mass is 35.5. The third-order valence-electron chi connectivity index (χ3n) is 3.34. The predicted molar refractivity (Wildman–Crippen MR) is 109 cm³/mol. The molecule has 138 valence electrons. The average molecular weight is 392 g/mol. The maximum Gasteiger partial charge on any atom is 0.168 e. The molecule has 2 heterocycles. The largest absolute Gasteiger partial charge is 0.322 e. The van der Waals surface area contributed by atoms with Crippen molar-refractivity contribution in [2.45, 2.75) is 34.2 Å². The molecule has 0 spiro atoms. The van der Waals surface area contributed by atoms with Crippen LogP contribution in [0.3, 0.4) is 0 Å². The number of halogens is 2. The summed E-state index contributed by atoms with van der Waals surface area (Å²) in [6.07, 6.45) is 4.32. The SMILES string of the molecule is CC.CCn1c(-c2cccnc2)nc(C)c1C=O.Clc1ccc(Cl)cc1. The van der Waals surface area contributed by atoms with Crippen LogP contribution < -0.4 is 0 Å². The molecule has 0 atom stereocenters. The third kappa shape index (κ3) is 5.97. The molecule has 0 amide bonds. The maximum atomic E-state index is 11.0. The minimum Gasteiger partial charge on any atom is -0.322 e. The Morgan fingerprint density at radius 2 is 1.65 bits per heavy atom. The van der Waals surface area contributed by atoms with Crippen molar-refractivity contribution in [2.24, 2.45) is 0 Å². The van der Waals surface area contributed by atoms with Gasteiger partial charge >= 0.3 is 0 Å². The van der Waals surface area contributed by atoms with Gasteiger partial charge in [-0.15, -0.1) is 0 Å². The predicted octanol–water partition coefficient (Wildman–Crippen LogP) is 6.11. The summed E-state index contributed by atoms with van der Waals surface area (Å²) in [5.74, 6) is 0.801. The fourth-order valence-corrected chi connectivity index (χ4v) is 2.45. The fourth-order valence-electron chi connectivity index (χ4n) is 2.20. The summed E-state index contributed by atoms with van der Waals surface area (Å²) in [5.41, 5.74) is 2.33. The van der Waals surface area contributed by atoms with Crippen molar-refractivity contribution in [2.75, 3.05) is 0 Å². The summed E-state index contributed by atoms with van der Waals surface area (Å²) < 4.78 is 1.90. The number of hydrogen-bond acceptors (Lipinski definition) is 3. The quantitative estimate of drug-likeness (QED) is 0.506. The van der Waals surface area contributed by atoms with E-state index in [0.29, 0.717) is 5.69 Å². The van der Waals surface area contributed by atoms with Crippen molar-refractivity contribution < 1.29 is 4.79 Å². The number of imidazole rings is 1. The Labute approximate surface area is 164 Å². The molecule has 0 saturated carbocycles. The van der Waals surface area contributed by atoms with Gasteiger partial charge in [-0.3, -0.25) is 9.78 Å². The lowest BCUT2D eigenvalue weighted by Gasteiger charge is -2.05. The molecular weight excluding hydrogens is 369 g/mol. The van der Waals surface area contributed by atoms with Gasteiger partial charge in [0.25, 0.3) is 0 Å². The monoisotopic (exact) mass is 391 g/mol. The highest BCUT2D eigenvalue weighted by Crippen LogP contribution is 2.20. The number of aromatic nitrogens is 3. The van der Waals surface area contributed by atoms with Crippen LogP contribution in [0, 0.1) is 6.92 Å². The number of aryl methyl sites for hydroxylation is 1. The van der Waals surface area contributed by atoms with Gasteiger partial charge in [-0.2, -0.15) is 0 Å². The van der Waals surface area contributed by atoms with E-state index >= 15 is 0 Å². The van der Waals surface area contributed by atoms with Crippen LogP contribution in [0.25, 0.3) is 11.4 Å². The lowest BCUT2D eigenvalue weighted by atomic mass is 10.2. The molecule has 3 rings (SSSR count). The van der Waals surface area contributed by atoms with E-state index in [4.69, 9.17) is 23.2 Å². The summed E-state index contributed by atoms with van der Waals surface area (Å²) in [5, 5.41) is 1.43. The van der Waals surface area contributed by atoms with Gasteiger partial charge in [0, 0.05) is 34.5 Å². The molecule has 0 unspecified atom stereocenters. The zero-order chi connectivity index (χ0) is 19.5. The topological polar surface area (TPSA) is 47.8 Å². The number of carbonyl (C=O) groups excluding carboxylic acids is 1. The highest BCUT2D eigenvalue weighted by molar-refractivity contribution is 6.32. The summed E-state index contributed by atoms with van der Waals surface area (Å²) >= 11 is 11.1. The van der Waals surface area contributed by atoms with Gasteiger partial charge in [0.05, 0.1) is 5.69 Å². The average Bonchev–Trinajstić information content (AvgIpc) is 3.02. The van der Waals surface area contributed by atoms with Crippen molar-refractivity contribution in [3.8, 4) is 11.4 Å². The number of carbonyl (C=O) groups is 1. The number of pyridine rings is 1. The van der Waals surface area contributed by atoms with Gasteiger partial charge in [-0.1, -0.05) is 37.0 Å². The zero-order valence-corrected chi connectivity index (χ0v) is 16.9. The molecule has 0 aliphatic rings. The van der Waals surface area contributed by atoms with E-state index in [1.165, 1.54) is 0 Å². The van der Waals surface area contributed by atoms with Crippen molar-refractivity contribution in [3.05, 3.63) is 70.2 Å². The summed E-state index contributed by atoms with van der Waals surface area (Å²) in [7, 11) is 0. The summed E-state index contributed by atoms with van der Waals surface area (Å²) in [6, 6.07) is 10.8. The lowest BCUT2D eigenvalue weighted by molar-refractivity contribution is 0.111. The van der Waals surface area contributed by atoms with E-state index < -0.39 is 0 Å². The van der Waals surface area contributed by atoms with E-state index in [2.05, 4.69) is 9.97 Å². The Kier molecular flexibility index (Phi) is 9.63. The van der Waals surface area contributed by atoms with Crippen molar-refractivity contribution in [1.29, 1.82) is 0 Å². The standard InChI is InChI=1S/C12H13N3O.C6H4Cl2.C2H6/c1-3-15-11(8-16)9(2)14-12(15)10-5-4-6-13-7-10;7-5-1-2-6(8)4-3-5;1-2/h4-8H,3H2,1-2H3;1-4H;1-2H3. The maximum absolute atomic E-state index is 11.0. The minimum atomic E-state index is 0.640. The highest BCUT2D eigenvalue weighted by Gasteiger charge is 2.13. The first-order valence-corrected chi connectivity index (χ1v) is 9.16. The van der Waals surface area contributed by atoms with Crippen LogP contribution in [0.15, 0.2) is 48.8 Å². The second-order valence-electron chi connectivity index (χ2n) is 4.95. The zero-order valence-electron chi connectivity index (χ0n) is 15.4. The first-order valence-electron chi connectivity index (χ1n) is 8.40. The molecule has 0 aliphatic heterocycles. The molecule has 26 heavy (non-hydrogen) atoms. The normalized spacial score (nSPS) is 9.46. The van der Waals surface area contributed by atoms with Crippen molar-refractivity contribution in [3.63, 3.8) is 0 Å². The van der Waals surface area contributed by atoms with Gasteiger partial charge in [-0.05, 0) is 50.2 Å². The van der Waals surface area contributed by atoms with Crippen LogP contribution in [0.5, 0.6) is 0 Å². The molecule has 3 aromatic rings. The lowest BCUT2D eigenvalue weighted by Crippen LogP contribution is -2.02. The van der Waals surface area contributed by atoms with Crippen LogP contribution in [0.4, 0.5) is 0 Å². The van der Waals surface area contributed by atoms with Crippen molar-refractivity contribution >= 4 is 29.5 Å². The first kappa shape index (κ1) is 21.9. The summed E-state index contributed by atoms with van der Waals surface area (Å²) in [6.45, 7) is 8.56. The van der Waals surface area contributed by atoms with E-state index in [1.807, 2.05) is 44.4 Å². The second kappa shape index (κ2) is 11.4. The van der Waals surface area contributed by atoms with E-state index in [9.17, 15) is 4.79 Å². The Hall–Kier alpha value is -2.17. The Morgan fingerprint density at radius 3 is 2.08 bits per heavy atom. The van der Waals surface area contributed by atoms with Gasteiger partial charge in [0.15, 0.2) is 6.29 Å². The van der Waals surface area contributed by atoms with Gasteiger partial charge in [0.1, 0.15) is 11.5 Å². The minimum absolute atomic E-state index is 0.640. The molecule has 0 aliphatic carbocycles. The van der Waals surface area contributed by atoms with Crippen LogP contribution in [0.1, 0.15) is 37.0 Å². The molecule has 6 heteroatoms. The number of nitrogens with zero attached hydrogens (tertiary/aromatic N) is 3. The Morgan fingerprint density at radius 1 is 1.08 bits per heavy atom. The van der Waals surface area contributed by atoms with Crippen molar-refractivity contribution in [1.82, 2.24) is 14.5 Å². The van der Waals surface area contributed by atoms with Gasteiger partial charge < -0.3 is 4.57 Å². The number of aldehydes is 1. The van der Waals surface area contributed by atoms with Crippen LogP contribution >= 0.6 is 23.2 Å². The number of hydrogen-bond donors (Lipinski definition) is 0.